The molecule has 1 aromatic carbocycles. The number of carbonyl (C=O) groups is 1. The van der Waals surface area contributed by atoms with Crippen LogP contribution in [-0.2, 0) is 11.2 Å². The van der Waals surface area contributed by atoms with Crippen molar-refractivity contribution in [3.8, 4) is 5.75 Å². The topological polar surface area (TPSA) is 26.3 Å². The molecule has 1 atom stereocenters. The predicted molar refractivity (Wildman–Crippen MR) is 63.6 cm³/mol. The first-order chi connectivity index (χ1) is 7.70. The van der Waals surface area contributed by atoms with Gasteiger partial charge in [-0.25, -0.2) is 0 Å². The van der Waals surface area contributed by atoms with Gasteiger partial charge in [0.15, 0.2) is 0 Å². The maximum Gasteiger partial charge on any atom is 0.140 e. The van der Waals surface area contributed by atoms with Gasteiger partial charge < -0.3 is 4.74 Å². The zero-order valence-electron chi connectivity index (χ0n) is 9.90. The smallest absolute Gasteiger partial charge is 0.140 e. The number of carbonyl (C=O) groups excluding carboxylic acids is 1. The predicted octanol–water partition coefficient (Wildman–Crippen LogP) is 2.85. The molecule has 1 aliphatic carbocycles. The summed E-state index contributed by atoms with van der Waals surface area (Å²) in [7, 11) is 1.65. The molecule has 1 unspecified atom stereocenters. The van der Waals surface area contributed by atoms with Crippen LogP contribution in [0.15, 0.2) is 24.3 Å². The fourth-order valence-electron chi connectivity index (χ4n) is 2.00. The minimum atomic E-state index is 0.228. The van der Waals surface area contributed by atoms with Gasteiger partial charge in [-0.3, -0.25) is 4.79 Å². The number of hydrogen-bond acceptors (Lipinski definition) is 2. The van der Waals surface area contributed by atoms with Crippen molar-refractivity contribution in [3.05, 3.63) is 29.8 Å². The van der Waals surface area contributed by atoms with Crippen LogP contribution in [0.5, 0.6) is 5.75 Å². The van der Waals surface area contributed by atoms with E-state index in [0.717, 1.165) is 11.3 Å². The molecule has 2 rings (SSSR count). The molecule has 0 bridgehead atoms. The first kappa shape index (κ1) is 11.2. The molecule has 1 aliphatic rings. The molecule has 2 nitrogen and oxygen atoms in total. The molecule has 0 aromatic heterocycles. The summed E-state index contributed by atoms with van der Waals surface area (Å²) in [5.41, 5.74) is 1.05. The van der Waals surface area contributed by atoms with Gasteiger partial charge in [-0.05, 0) is 36.5 Å². The van der Waals surface area contributed by atoms with Gasteiger partial charge in [0.2, 0.25) is 0 Å². The van der Waals surface area contributed by atoms with Gasteiger partial charge in [-0.1, -0.05) is 19.1 Å². The van der Waals surface area contributed by atoms with Crippen LogP contribution in [0.1, 0.15) is 25.3 Å². The van der Waals surface area contributed by atoms with E-state index >= 15 is 0 Å². The van der Waals surface area contributed by atoms with Crippen LogP contribution in [-0.4, -0.2) is 12.9 Å². The highest BCUT2D eigenvalue weighted by Gasteiger charge is 2.32. The fraction of sp³-hybridized carbons (Fsp3) is 0.500. The van der Waals surface area contributed by atoms with Gasteiger partial charge in [-0.2, -0.15) is 0 Å². The van der Waals surface area contributed by atoms with Crippen molar-refractivity contribution in [1.82, 2.24) is 0 Å². The molecule has 86 valence electrons. The van der Waals surface area contributed by atoms with Gasteiger partial charge in [0.05, 0.1) is 7.11 Å². The van der Waals surface area contributed by atoms with Gasteiger partial charge in [0, 0.05) is 12.3 Å². The molecule has 2 heteroatoms. The minimum Gasteiger partial charge on any atom is -0.497 e. The molecule has 1 fully saturated rings. The van der Waals surface area contributed by atoms with E-state index < -0.39 is 0 Å². The maximum atomic E-state index is 12.0. The molecule has 1 aromatic rings. The van der Waals surface area contributed by atoms with Gasteiger partial charge in [0.1, 0.15) is 11.5 Å². The second kappa shape index (κ2) is 4.69. The fourth-order valence-corrected chi connectivity index (χ4v) is 2.00. The largest absolute Gasteiger partial charge is 0.497 e. The average molecular weight is 218 g/mol. The SMILES string of the molecule is COc1cccc(CC(=O)C(C)C2CC2)c1. The monoisotopic (exact) mass is 218 g/mol. The minimum absolute atomic E-state index is 0.228. The first-order valence-corrected chi connectivity index (χ1v) is 5.86. The molecular formula is C14H18O2. The highest BCUT2D eigenvalue weighted by molar-refractivity contribution is 5.83. The Labute approximate surface area is 96.6 Å². The zero-order valence-corrected chi connectivity index (χ0v) is 9.90. The molecule has 0 heterocycles. The van der Waals surface area contributed by atoms with E-state index in [9.17, 15) is 4.79 Å². The summed E-state index contributed by atoms with van der Waals surface area (Å²) < 4.78 is 5.15. The standard InChI is InChI=1S/C14H18O2/c1-10(12-6-7-12)14(15)9-11-4-3-5-13(8-11)16-2/h3-5,8,10,12H,6-7,9H2,1-2H3. The molecule has 1 saturated carbocycles. The summed E-state index contributed by atoms with van der Waals surface area (Å²) in [6, 6.07) is 7.76. The van der Waals surface area contributed by atoms with E-state index in [0.29, 0.717) is 18.1 Å². The Balaban J connectivity index is 1.99. The van der Waals surface area contributed by atoms with Crippen molar-refractivity contribution >= 4 is 5.78 Å². The van der Waals surface area contributed by atoms with Gasteiger partial charge >= 0.3 is 0 Å². The summed E-state index contributed by atoms with van der Waals surface area (Å²) >= 11 is 0. The Hall–Kier alpha value is -1.31. The van der Waals surface area contributed by atoms with E-state index in [4.69, 9.17) is 4.74 Å². The summed E-state index contributed by atoms with van der Waals surface area (Å²) in [4.78, 5) is 12.0. The Morgan fingerprint density at radius 2 is 2.25 bits per heavy atom. The average Bonchev–Trinajstić information content (AvgIpc) is 3.12. The van der Waals surface area contributed by atoms with Crippen LogP contribution in [0, 0.1) is 11.8 Å². The molecule has 0 spiro atoms. The van der Waals surface area contributed by atoms with Gasteiger partial charge in [0.25, 0.3) is 0 Å². The normalized spacial score (nSPS) is 16.9. The second-order valence-electron chi connectivity index (χ2n) is 4.62. The molecule has 0 radical (unpaired) electrons. The van der Waals surface area contributed by atoms with Crippen LogP contribution in [0.3, 0.4) is 0 Å². The Morgan fingerprint density at radius 3 is 2.88 bits per heavy atom. The molecule has 0 saturated heterocycles. The highest BCUT2D eigenvalue weighted by Crippen LogP contribution is 2.37. The lowest BCUT2D eigenvalue weighted by atomic mass is 9.95. The van der Waals surface area contributed by atoms with E-state index in [1.807, 2.05) is 24.3 Å². The third-order valence-corrected chi connectivity index (χ3v) is 3.35. The van der Waals surface area contributed by atoms with Crippen LogP contribution in [0.4, 0.5) is 0 Å². The number of rotatable bonds is 5. The summed E-state index contributed by atoms with van der Waals surface area (Å²) in [6.45, 7) is 2.06. The Kier molecular flexibility index (Phi) is 3.28. The van der Waals surface area contributed by atoms with Crippen LogP contribution in [0.25, 0.3) is 0 Å². The van der Waals surface area contributed by atoms with Crippen molar-refractivity contribution in [2.24, 2.45) is 11.8 Å². The molecule has 0 aliphatic heterocycles. The van der Waals surface area contributed by atoms with Crippen molar-refractivity contribution in [2.75, 3.05) is 7.11 Å². The van der Waals surface area contributed by atoms with Crippen molar-refractivity contribution in [2.45, 2.75) is 26.2 Å². The number of ketones is 1. The molecular weight excluding hydrogens is 200 g/mol. The highest BCUT2D eigenvalue weighted by atomic mass is 16.5. The summed E-state index contributed by atoms with van der Waals surface area (Å²) in [6.07, 6.45) is 2.99. The lowest BCUT2D eigenvalue weighted by Crippen LogP contribution is -2.15. The Bertz CT molecular complexity index is 380. The van der Waals surface area contributed by atoms with Crippen LogP contribution in [0.2, 0.25) is 0 Å². The first-order valence-electron chi connectivity index (χ1n) is 5.86. The van der Waals surface area contributed by atoms with Crippen molar-refractivity contribution < 1.29 is 9.53 Å². The number of ether oxygens (including phenoxy) is 1. The van der Waals surface area contributed by atoms with E-state index in [1.165, 1.54) is 12.8 Å². The lowest BCUT2D eigenvalue weighted by Gasteiger charge is -2.09. The quantitative estimate of drug-likeness (QED) is 0.759. The van der Waals surface area contributed by atoms with Crippen LogP contribution >= 0.6 is 0 Å². The zero-order chi connectivity index (χ0) is 11.5. The number of hydrogen-bond donors (Lipinski definition) is 0. The summed E-state index contributed by atoms with van der Waals surface area (Å²) in [5, 5.41) is 0. The van der Waals surface area contributed by atoms with E-state index in [1.54, 1.807) is 7.11 Å². The molecule has 0 amide bonds. The molecule has 16 heavy (non-hydrogen) atoms. The third kappa shape index (κ3) is 2.63. The van der Waals surface area contributed by atoms with Gasteiger partial charge in [-0.15, -0.1) is 0 Å². The Morgan fingerprint density at radius 1 is 1.50 bits per heavy atom. The van der Waals surface area contributed by atoms with Crippen molar-refractivity contribution in [3.63, 3.8) is 0 Å². The lowest BCUT2D eigenvalue weighted by molar-refractivity contribution is -0.122. The second-order valence-corrected chi connectivity index (χ2v) is 4.62. The van der Waals surface area contributed by atoms with E-state index in [2.05, 4.69) is 6.92 Å². The van der Waals surface area contributed by atoms with Crippen LogP contribution < -0.4 is 4.74 Å². The maximum absolute atomic E-state index is 12.0. The number of benzene rings is 1. The van der Waals surface area contributed by atoms with E-state index in [-0.39, 0.29) is 5.92 Å². The number of methoxy groups -OCH3 is 1. The summed E-state index contributed by atoms with van der Waals surface area (Å²) in [5.74, 6) is 2.06. The third-order valence-electron chi connectivity index (χ3n) is 3.35. The number of Topliss-reactive ketones (excluding diaryl/α,β-unsaturated/α-hetero) is 1. The molecule has 0 N–H and O–H groups in total. The van der Waals surface area contributed by atoms with Crippen molar-refractivity contribution in [1.29, 1.82) is 0 Å².